The number of methoxy groups -OCH3 is 3. The summed E-state index contributed by atoms with van der Waals surface area (Å²) >= 11 is 0. The van der Waals surface area contributed by atoms with E-state index in [2.05, 4.69) is 24.1 Å². The summed E-state index contributed by atoms with van der Waals surface area (Å²) in [5.74, 6) is 1.64. The molecular formula is C26H26N2O5. The highest BCUT2D eigenvalue weighted by Crippen LogP contribution is 2.38. The van der Waals surface area contributed by atoms with Crippen LogP contribution in [0.15, 0.2) is 52.9 Å². The van der Waals surface area contributed by atoms with Gasteiger partial charge in [-0.1, -0.05) is 12.1 Å². The highest BCUT2D eigenvalue weighted by atomic mass is 16.5. The monoisotopic (exact) mass is 446 g/mol. The van der Waals surface area contributed by atoms with Gasteiger partial charge in [-0.2, -0.15) is 0 Å². The number of hydrogen-bond donors (Lipinski definition) is 1. The molecule has 0 aliphatic carbocycles. The van der Waals surface area contributed by atoms with E-state index in [9.17, 15) is 4.79 Å². The number of anilines is 1. The van der Waals surface area contributed by atoms with Crippen LogP contribution in [0.25, 0.3) is 11.1 Å². The van der Waals surface area contributed by atoms with E-state index in [0.717, 1.165) is 16.7 Å². The van der Waals surface area contributed by atoms with E-state index in [4.69, 9.17) is 18.6 Å². The predicted molar refractivity (Wildman–Crippen MR) is 127 cm³/mol. The number of nitrogens with one attached hydrogen (secondary N) is 1. The summed E-state index contributed by atoms with van der Waals surface area (Å²) in [6.07, 6.45) is 0.563. The molecule has 0 spiro atoms. The average Bonchev–Trinajstić information content (AvgIpc) is 3.20. The van der Waals surface area contributed by atoms with Crippen molar-refractivity contribution in [3.8, 4) is 17.2 Å². The Morgan fingerprint density at radius 3 is 2.15 bits per heavy atom. The maximum absolute atomic E-state index is 12.8. The molecule has 7 heteroatoms. The van der Waals surface area contributed by atoms with Gasteiger partial charge in [0.25, 0.3) is 5.91 Å². The Morgan fingerprint density at radius 1 is 0.909 bits per heavy atom. The summed E-state index contributed by atoms with van der Waals surface area (Å²) < 4.78 is 21.9. The molecule has 0 aliphatic heterocycles. The van der Waals surface area contributed by atoms with Crippen molar-refractivity contribution in [1.82, 2.24) is 4.98 Å². The molecule has 1 amide bonds. The van der Waals surface area contributed by atoms with Gasteiger partial charge in [0.2, 0.25) is 5.75 Å². The molecule has 7 nitrogen and oxygen atoms in total. The van der Waals surface area contributed by atoms with Crippen LogP contribution in [0.2, 0.25) is 0 Å². The lowest BCUT2D eigenvalue weighted by molar-refractivity contribution is 0.102. The zero-order valence-corrected chi connectivity index (χ0v) is 19.3. The first-order valence-electron chi connectivity index (χ1n) is 10.5. The van der Waals surface area contributed by atoms with Gasteiger partial charge < -0.3 is 23.9 Å². The van der Waals surface area contributed by atoms with Crippen LogP contribution in [0.5, 0.6) is 17.2 Å². The van der Waals surface area contributed by atoms with Gasteiger partial charge in [-0.3, -0.25) is 4.79 Å². The Morgan fingerprint density at radius 2 is 1.55 bits per heavy atom. The minimum absolute atomic E-state index is 0.285. The number of benzene rings is 3. The van der Waals surface area contributed by atoms with Crippen molar-refractivity contribution in [3.63, 3.8) is 0 Å². The number of ether oxygens (including phenoxy) is 3. The molecule has 4 rings (SSSR count). The first kappa shape index (κ1) is 22.2. The fourth-order valence-electron chi connectivity index (χ4n) is 3.60. The molecule has 3 aromatic carbocycles. The van der Waals surface area contributed by atoms with Gasteiger partial charge in [0.1, 0.15) is 5.52 Å². The molecular weight excluding hydrogens is 420 g/mol. The summed E-state index contributed by atoms with van der Waals surface area (Å²) in [5, 5.41) is 2.89. The first-order valence-corrected chi connectivity index (χ1v) is 10.5. The van der Waals surface area contributed by atoms with Crippen LogP contribution in [0, 0.1) is 13.8 Å². The SMILES string of the molecule is COc1cc(C(=O)Nc2ccc(Cc3nc4cc(C)c(C)cc4o3)cc2)cc(OC)c1OC. The van der Waals surface area contributed by atoms with Gasteiger partial charge in [0.05, 0.1) is 21.3 Å². The summed E-state index contributed by atoms with van der Waals surface area (Å²) in [6.45, 7) is 4.12. The topological polar surface area (TPSA) is 82.8 Å². The van der Waals surface area contributed by atoms with Crippen LogP contribution in [-0.2, 0) is 6.42 Å². The van der Waals surface area contributed by atoms with Gasteiger partial charge in [-0.05, 0) is 66.9 Å². The van der Waals surface area contributed by atoms with Crippen molar-refractivity contribution in [2.45, 2.75) is 20.3 Å². The van der Waals surface area contributed by atoms with Crippen molar-refractivity contribution >= 4 is 22.7 Å². The smallest absolute Gasteiger partial charge is 0.255 e. The molecule has 0 atom stereocenters. The molecule has 0 aliphatic rings. The van der Waals surface area contributed by atoms with Crippen molar-refractivity contribution < 1.29 is 23.4 Å². The number of aromatic nitrogens is 1. The van der Waals surface area contributed by atoms with Gasteiger partial charge in [-0.25, -0.2) is 4.98 Å². The Kier molecular flexibility index (Phi) is 6.22. The number of aryl methyl sites for hydroxylation is 2. The maximum atomic E-state index is 12.8. The van der Waals surface area contributed by atoms with E-state index in [1.54, 1.807) is 12.1 Å². The van der Waals surface area contributed by atoms with E-state index in [1.165, 1.54) is 32.5 Å². The second-order valence-electron chi connectivity index (χ2n) is 7.75. The van der Waals surface area contributed by atoms with Gasteiger partial charge in [0.15, 0.2) is 23.0 Å². The van der Waals surface area contributed by atoms with E-state index >= 15 is 0 Å². The molecule has 0 bridgehead atoms. The minimum atomic E-state index is -0.285. The van der Waals surface area contributed by atoms with Gasteiger partial charge in [-0.15, -0.1) is 0 Å². The highest BCUT2D eigenvalue weighted by molar-refractivity contribution is 6.05. The van der Waals surface area contributed by atoms with E-state index in [-0.39, 0.29) is 5.91 Å². The third-order valence-electron chi connectivity index (χ3n) is 5.54. The number of rotatable bonds is 7. The van der Waals surface area contributed by atoms with Crippen molar-refractivity contribution in [3.05, 3.63) is 76.7 Å². The molecule has 1 N–H and O–H groups in total. The second kappa shape index (κ2) is 9.24. The fraction of sp³-hybridized carbons (Fsp3) is 0.231. The summed E-state index contributed by atoms with van der Waals surface area (Å²) in [5.41, 5.74) is 6.12. The standard InChI is InChI=1S/C26H26N2O5/c1-15-10-20-21(11-16(15)2)33-24(28-20)12-17-6-8-19(9-7-17)27-26(29)18-13-22(30-3)25(32-5)23(14-18)31-4/h6-11,13-14H,12H2,1-5H3,(H,27,29). The molecule has 4 aromatic rings. The van der Waals surface area contributed by atoms with Crippen molar-refractivity contribution in [2.24, 2.45) is 0 Å². The van der Waals surface area contributed by atoms with Crippen LogP contribution in [-0.4, -0.2) is 32.2 Å². The molecule has 0 saturated heterocycles. The van der Waals surface area contributed by atoms with Crippen LogP contribution in [0.1, 0.15) is 32.9 Å². The van der Waals surface area contributed by atoms with Crippen molar-refractivity contribution in [2.75, 3.05) is 26.6 Å². The number of nitrogens with zero attached hydrogens (tertiary/aromatic N) is 1. The fourth-order valence-corrected chi connectivity index (χ4v) is 3.60. The molecule has 1 heterocycles. The van der Waals surface area contributed by atoms with Gasteiger partial charge >= 0.3 is 0 Å². The molecule has 0 saturated carbocycles. The first-order chi connectivity index (χ1) is 15.9. The zero-order chi connectivity index (χ0) is 23.5. The van der Waals surface area contributed by atoms with E-state index in [0.29, 0.717) is 40.8 Å². The average molecular weight is 447 g/mol. The number of amides is 1. The number of hydrogen-bond acceptors (Lipinski definition) is 6. The normalized spacial score (nSPS) is 10.8. The Balaban J connectivity index is 1.48. The van der Waals surface area contributed by atoms with Crippen LogP contribution < -0.4 is 19.5 Å². The largest absolute Gasteiger partial charge is 0.493 e. The van der Waals surface area contributed by atoms with Crippen LogP contribution in [0.3, 0.4) is 0 Å². The zero-order valence-electron chi connectivity index (χ0n) is 19.3. The third kappa shape index (κ3) is 4.62. The summed E-state index contributed by atoms with van der Waals surface area (Å²) in [6, 6.07) is 14.9. The predicted octanol–water partition coefficient (Wildman–Crippen LogP) is 5.31. The number of oxazole rings is 1. The van der Waals surface area contributed by atoms with Gasteiger partial charge in [0, 0.05) is 17.7 Å². The van der Waals surface area contributed by atoms with E-state index in [1.807, 2.05) is 36.4 Å². The van der Waals surface area contributed by atoms with Crippen molar-refractivity contribution in [1.29, 1.82) is 0 Å². The maximum Gasteiger partial charge on any atom is 0.255 e. The molecule has 170 valence electrons. The lowest BCUT2D eigenvalue weighted by atomic mass is 10.1. The van der Waals surface area contributed by atoms with Crippen LogP contribution in [0.4, 0.5) is 5.69 Å². The minimum Gasteiger partial charge on any atom is -0.493 e. The molecule has 0 unspecified atom stereocenters. The Hall–Kier alpha value is -4.00. The molecule has 1 aromatic heterocycles. The number of fused-ring (bicyclic) bond motifs is 1. The lowest BCUT2D eigenvalue weighted by Gasteiger charge is -2.14. The lowest BCUT2D eigenvalue weighted by Crippen LogP contribution is -2.12. The Bertz CT molecular complexity index is 1240. The Labute approximate surface area is 192 Å². The highest BCUT2D eigenvalue weighted by Gasteiger charge is 2.17. The third-order valence-corrected chi connectivity index (χ3v) is 5.54. The summed E-state index contributed by atoms with van der Waals surface area (Å²) in [4.78, 5) is 17.4. The quantitative estimate of drug-likeness (QED) is 0.414. The van der Waals surface area contributed by atoms with Crippen LogP contribution >= 0.6 is 0 Å². The molecule has 33 heavy (non-hydrogen) atoms. The van der Waals surface area contributed by atoms with E-state index < -0.39 is 0 Å². The molecule has 0 radical (unpaired) electrons. The number of carbonyl (C=O) groups is 1. The molecule has 0 fully saturated rings. The summed E-state index contributed by atoms with van der Waals surface area (Å²) in [7, 11) is 4.54. The number of carbonyl (C=O) groups excluding carboxylic acids is 1. The second-order valence-corrected chi connectivity index (χ2v) is 7.75.